The highest BCUT2D eigenvalue weighted by molar-refractivity contribution is 7.80. The first-order chi connectivity index (χ1) is 17.0. The van der Waals surface area contributed by atoms with Gasteiger partial charge in [0.2, 0.25) is 0 Å². The highest BCUT2D eigenvalue weighted by Gasteiger charge is 2.26. The van der Waals surface area contributed by atoms with Crippen molar-refractivity contribution in [3.8, 4) is 0 Å². The number of carbonyl (C=O) groups is 1. The molecule has 1 aliphatic rings. The van der Waals surface area contributed by atoms with Crippen LogP contribution in [0.15, 0.2) is 42.5 Å². The highest BCUT2D eigenvalue weighted by atomic mass is 32.1. The highest BCUT2D eigenvalue weighted by Crippen LogP contribution is 2.38. The third-order valence-corrected chi connectivity index (χ3v) is 8.02. The first kappa shape index (κ1) is 23.5. The van der Waals surface area contributed by atoms with Gasteiger partial charge in [0.25, 0.3) is 0 Å². The molecule has 0 unspecified atom stereocenters. The van der Waals surface area contributed by atoms with E-state index in [1.165, 1.54) is 28.3 Å². The van der Waals surface area contributed by atoms with Gasteiger partial charge in [0.15, 0.2) is 5.11 Å². The van der Waals surface area contributed by atoms with Crippen molar-refractivity contribution in [1.29, 1.82) is 0 Å². The summed E-state index contributed by atoms with van der Waals surface area (Å²) in [6, 6.07) is 14.8. The van der Waals surface area contributed by atoms with Crippen molar-refractivity contribution in [3.05, 3.63) is 75.4 Å². The molecule has 35 heavy (non-hydrogen) atoms. The largest absolute Gasteiger partial charge is 0.465 e. The minimum Gasteiger partial charge on any atom is -0.465 e. The van der Waals surface area contributed by atoms with Crippen LogP contribution in [0.5, 0.6) is 0 Å². The van der Waals surface area contributed by atoms with Gasteiger partial charge in [-0.25, -0.2) is 4.79 Å². The fraction of sp³-hybridized carbons (Fsp3) is 0.296. The number of nitrogens with zero attached hydrogens (tertiary/aromatic N) is 2. The summed E-state index contributed by atoms with van der Waals surface area (Å²) in [6.07, 6.45) is 4.12. The molecular weight excluding hydrogens is 476 g/mol. The van der Waals surface area contributed by atoms with Gasteiger partial charge < -0.3 is 15.4 Å². The second-order valence-electron chi connectivity index (χ2n) is 8.83. The minimum atomic E-state index is -0.315. The van der Waals surface area contributed by atoms with Gasteiger partial charge in [0.05, 0.1) is 36.3 Å². The number of nitrogens with one attached hydrogen (secondary N) is 2. The number of thiocarbonyl (C=S) groups is 1. The van der Waals surface area contributed by atoms with Crippen LogP contribution in [0, 0.1) is 13.8 Å². The zero-order valence-electron chi connectivity index (χ0n) is 20.1. The molecule has 2 N–H and O–H groups in total. The van der Waals surface area contributed by atoms with Crippen LogP contribution in [0.2, 0.25) is 0 Å². The summed E-state index contributed by atoms with van der Waals surface area (Å²) in [7, 11) is 1.42. The molecule has 0 spiro atoms. The second kappa shape index (κ2) is 9.79. The van der Waals surface area contributed by atoms with E-state index in [1.807, 2.05) is 18.5 Å². The Morgan fingerprint density at radius 2 is 1.89 bits per heavy atom. The summed E-state index contributed by atoms with van der Waals surface area (Å²) in [5.74, 6) is -0.315. The Balaban J connectivity index is 1.38. The molecular formula is C27H28N4O2S2. The first-order valence-corrected chi connectivity index (χ1v) is 13.0. The molecule has 6 nitrogen and oxygen atoms in total. The molecule has 5 rings (SSSR count). The van der Waals surface area contributed by atoms with Crippen molar-refractivity contribution in [2.75, 3.05) is 17.7 Å². The van der Waals surface area contributed by atoms with E-state index in [9.17, 15) is 4.79 Å². The van der Waals surface area contributed by atoms with Crippen molar-refractivity contribution in [1.82, 2.24) is 9.78 Å². The van der Waals surface area contributed by atoms with E-state index in [-0.39, 0.29) is 5.97 Å². The fourth-order valence-corrected chi connectivity index (χ4v) is 6.39. The van der Waals surface area contributed by atoms with Gasteiger partial charge in [-0.3, -0.25) is 4.68 Å². The molecule has 0 amide bonds. The summed E-state index contributed by atoms with van der Waals surface area (Å²) in [5.41, 5.74) is 5.69. The summed E-state index contributed by atoms with van der Waals surface area (Å²) in [6.45, 7) is 4.68. The Labute approximate surface area is 214 Å². The number of carbonyl (C=O) groups excluding carboxylic acids is 1. The van der Waals surface area contributed by atoms with Gasteiger partial charge in [0.1, 0.15) is 5.00 Å². The van der Waals surface area contributed by atoms with Crippen molar-refractivity contribution >= 4 is 56.1 Å². The topological polar surface area (TPSA) is 68.2 Å². The maximum atomic E-state index is 12.6. The predicted octanol–water partition coefficient (Wildman–Crippen LogP) is 6.24. The minimum absolute atomic E-state index is 0.315. The van der Waals surface area contributed by atoms with Crippen LogP contribution in [0.25, 0.3) is 10.8 Å². The maximum absolute atomic E-state index is 12.6. The lowest BCUT2D eigenvalue weighted by Crippen LogP contribution is -2.21. The van der Waals surface area contributed by atoms with Gasteiger partial charge in [-0.15, -0.1) is 11.3 Å². The normalized spacial score (nSPS) is 12.9. The van der Waals surface area contributed by atoms with Gasteiger partial charge in [-0.1, -0.05) is 42.5 Å². The Morgan fingerprint density at radius 3 is 2.71 bits per heavy atom. The summed E-state index contributed by atoms with van der Waals surface area (Å²) in [4.78, 5) is 13.8. The van der Waals surface area contributed by atoms with Crippen molar-refractivity contribution < 1.29 is 9.53 Å². The van der Waals surface area contributed by atoms with Gasteiger partial charge in [-0.2, -0.15) is 5.10 Å². The smallest absolute Gasteiger partial charge is 0.341 e. The van der Waals surface area contributed by atoms with E-state index >= 15 is 0 Å². The number of hydrogen-bond donors (Lipinski definition) is 2. The van der Waals surface area contributed by atoms with Crippen LogP contribution >= 0.6 is 23.6 Å². The number of esters is 1. The average molecular weight is 505 g/mol. The Hall–Kier alpha value is -3.23. The van der Waals surface area contributed by atoms with Crippen LogP contribution in [0.4, 0.5) is 10.7 Å². The number of ether oxygens (including phenoxy) is 1. The number of benzene rings is 2. The molecule has 8 heteroatoms. The van der Waals surface area contributed by atoms with Crippen molar-refractivity contribution in [2.45, 2.75) is 46.1 Å². The van der Waals surface area contributed by atoms with E-state index in [2.05, 4.69) is 53.1 Å². The predicted molar refractivity (Wildman–Crippen MR) is 147 cm³/mol. The number of hydrogen-bond acceptors (Lipinski definition) is 5. The molecule has 2 aromatic heterocycles. The molecule has 2 aromatic carbocycles. The number of fused-ring (bicyclic) bond motifs is 2. The summed E-state index contributed by atoms with van der Waals surface area (Å²) < 4.78 is 7.09. The van der Waals surface area contributed by atoms with Crippen LogP contribution < -0.4 is 10.6 Å². The number of methoxy groups -OCH3 is 1. The molecule has 0 atom stereocenters. The zero-order valence-corrected chi connectivity index (χ0v) is 21.7. The Bertz CT molecular complexity index is 1430. The quantitative estimate of drug-likeness (QED) is 0.248. The monoisotopic (exact) mass is 504 g/mol. The Kier molecular flexibility index (Phi) is 6.58. The lowest BCUT2D eigenvalue weighted by Gasteiger charge is -2.13. The van der Waals surface area contributed by atoms with E-state index in [1.54, 1.807) is 11.3 Å². The summed E-state index contributed by atoms with van der Waals surface area (Å²) in [5, 5.41) is 15.0. The molecule has 0 aliphatic heterocycles. The van der Waals surface area contributed by atoms with Crippen LogP contribution in [0.3, 0.4) is 0 Å². The van der Waals surface area contributed by atoms with E-state index in [0.717, 1.165) is 53.3 Å². The molecule has 0 radical (unpaired) electrons. The molecule has 0 bridgehead atoms. The first-order valence-electron chi connectivity index (χ1n) is 11.8. The van der Waals surface area contributed by atoms with Gasteiger partial charge in [-0.05, 0) is 73.6 Å². The number of thiophene rings is 1. The molecule has 0 saturated heterocycles. The standard InChI is InChI=1S/C27H28N4O2S2/c1-16-24(17(2)31(30-16)15-19-11-8-10-18-9-4-5-12-20(18)19)28-27(34)29-25-23(26(32)33-3)21-13-6-7-14-22(21)35-25/h4-5,8-12H,6-7,13-15H2,1-3H3,(H2,28,29,34). The van der Waals surface area contributed by atoms with Crippen LogP contribution in [0.1, 0.15) is 50.6 Å². The van der Waals surface area contributed by atoms with Gasteiger partial charge in [0, 0.05) is 4.88 Å². The molecule has 0 fully saturated rings. The van der Waals surface area contributed by atoms with Gasteiger partial charge >= 0.3 is 5.97 Å². The fourth-order valence-electron chi connectivity index (χ4n) is 4.84. The van der Waals surface area contributed by atoms with E-state index in [4.69, 9.17) is 22.1 Å². The maximum Gasteiger partial charge on any atom is 0.341 e. The molecule has 180 valence electrons. The zero-order chi connectivity index (χ0) is 24.5. The van der Waals surface area contributed by atoms with Crippen molar-refractivity contribution in [3.63, 3.8) is 0 Å². The third kappa shape index (κ3) is 4.56. The second-order valence-corrected chi connectivity index (χ2v) is 10.3. The van der Waals surface area contributed by atoms with Crippen molar-refractivity contribution in [2.24, 2.45) is 0 Å². The third-order valence-electron chi connectivity index (χ3n) is 6.61. The van der Waals surface area contributed by atoms with E-state index < -0.39 is 0 Å². The number of rotatable bonds is 5. The van der Waals surface area contributed by atoms with Crippen LogP contribution in [-0.4, -0.2) is 28.0 Å². The SMILES string of the molecule is COC(=O)c1c(NC(=S)Nc2c(C)nn(Cc3cccc4ccccc34)c2C)sc2c1CCCC2. The Morgan fingerprint density at radius 1 is 1.11 bits per heavy atom. The summed E-state index contributed by atoms with van der Waals surface area (Å²) >= 11 is 7.26. The number of anilines is 2. The average Bonchev–Trinajstić information content (AvgIpc) is 3.35. The molecule has 4 aromatic rings. The van der Waals surface area contributed by atoms with E-state index in [0.29, 0.717) is 17.2 Å². The number of aromatic nitrogens is 2. The molecule has 0 saturated carbocycles. The molecule has 2 heterocycles. The van der Waals surface area contributed by atoms with Crippen LogP contribution in [-0.2, 0) is 24.1 Å². The lowest BCUT2D eigenvalue weighted by atomic mass is 9.95. The molecule has 1 aliphatic carbocycles. The number of aryl methyl sites for hydroxylation is 2. The lowest BCUT2D eigenvalue weighted by molar-refractivity contribution is 0.0601.